The molecule has 3 heteroatoms. The van der Waals surface area contributed by atoms with Crippen LogP contribution in [0.3, 0.4) is 0 Å². The zero-order valence-electron chi connectivity index (χ0n) is 9.29. The summed E-state index contributed by atoms with van der Waals surface area (Å²) >= 11 is 0. The average molecular weight is 226 g/mol. The van der Waals surface area contributed by atoms with Crippen LogP contribution in [0.4, 0.5) is 8.78 Å². The van der Waals surface area contributed by atoms with Gasteiger partial charge in [-0.15, -0.1) is 0 Å². The summed E-state index contributed by atoms with van der Waals surface area (Å²) in [5, 5.41) is 9.91. The highest BCUT2D eigenvalue weighted by Gasteiger charge is 2.32. The number of hydrogen-bond donors (Lipinski definition) is 1. The van der Waals surface area contributed by atoms with Crippen LogP contribution >= 0.6 is 0 Å². The Morgan fingerprint density at radius 2 is 2.06 bits per heavy atom. The Morgan fingerprint density at radius 3 is 2.69 bits per heavy atom. The molecular formula is C13H16F2O. The average Bonchev–Trinajstić information content (AvgIpc) is 3.07. The smallest absolute Gasteiger partial charge is 0.162 e. The molecule has 0 bridgehead atoms. The molecule has 88 valence electrons. The molecule has 0 saturated heterocycles. The first kappa shape index (κ1) is 11.5. The van der Waals surface area contributed by atoms with Gasteiger partial charge in [-0.05, 0) is 36.3 Å². The van der Waals surface area contributed by atoms with Crippen LogP contribution in [0, 0.1) is 23.5 Å². The lowest BCUT2D eigenvalue weighted by Crippen LogP contribution is -2.22. The van der Waals surface area contributed by atoms with E-state index >= 15 is 0 Å². The normalized spacial score (nSPS) is 19.5. The summed E-state index contributed by atoms with van der Waals surface area (Å²) in [6.07, 6.45) is 1.90. The molecule has 1 N–H and O–H groups in total. The summed E-state index contributed by atoms with van der Waals surface area (Å²) in [7, 11) is 0. The van der Waals surface area contributed by atoms with Gasteiger partial charge < -0.3 is 5.11 Å². The van der Waals surface area contributed by atoms with Crippen molar-refractivity contribution in [3.8, 4) is 0 Å². The third kappa shape index (κ3) is 2.40. The molecule has 1 aliphatic carbocycles. The number of rotatable bonds is 4. The van der Waals surface area contributed by atoms with Crippen LogP contribution in [0.25, 0.3) is 0 Å². The van der Waals surface area contributed by atoms with Gasteiger partial charge in [0, 0.05) is 6.42 Å². The molecule has 2 atom stereocenters. The second kappa shape index (κ2) is 4.50. The van der Waals surface area contributed by atoms with E-state index in [0.717, 1.165) is 18.9 Å². The molecule has 0 aromatic heterocycles. The van der Waals surface area contributed by atoms with Gasteiger partial charge in [0.2, 0.25) is 0 Å². The fourth-order valence-electron chi connectivity index (χ4n) is 2.05. The summed E-state index contributed by atoms with van der Waals surface area (Å²) in [6, 6.07) is 4.10. The number of aliphatic hydroxyl groups is 1. The Hall–Kier alpha value is -0.960. The maximum atomic E-state index is 13.4. The second-order valence-corrected chi connectivity index (χ2v) is 4.68. The van der Waals surface area contributed by atoms with Crippen LogP contribution in [0.5, 0.6) is 0 Å². The summed E-state index contributed by atoms with van der Waals surface area (Å²) < 4.78 is 26.3. The third-order valence-electron chi connectivity index (χ3n) is 3.43. The molecule has 0 radical (unpaired) electrons. The Balaban J connectivity index is 2.05. The molecule has 1 saturated carbocycles. The summed E-state index contributed by atoms with van der Waals surface area (Å²) in [6.45, 7) is 1.97. The van der Waals surface area contributed by atoms with Crippen LogP contribution in [0.15, 0.2) is 18.2 Å². The van der Waals surface area contributed by atoms with Gasteiger partial charge in [-0.1, -0.05) is 19.1 Å². The van der Waals surface area contributed by atoms with Crippen LogP contribution in [-0.2, 0) is 6.42 Å². The molecule has 1 aromatic rings. The largest absolute Gasteiger partial charge is 0.392 e. The van der Waals surface area contributed by atoms with Gasteiger partial charge in [0.15, 0.2) is 11.6 Å². The molecule has 2 rings (SSSR count). The van der Waals surface area contributed by atoms with Gasteiger partial charge in [0.05, 0.1) is 6.10 Å². The third-order valence-corrected chi connectivity index (χ3v) is 3.43. The van der Waals surface area contributed by atoms with Gasteiger partial charge in [-0.25, -0.2) is 8.78 Å². The number of halogens is 2. The van der Waals surface area contributed by atoms with Crippen molar-refractivity contribution in [3.63, 3.8) is 0 Å². The molecule has 0 aliphatic heterocycles. The molecular weight excluding hydrogens is 210 g/mol. The lowest BCUT2D eigenvalue weighted by Gasteiger charge is -2.18. The Morgan fingerprint density at radius 1 is 1.38 bits per heavy atom. The van der Waals surface area contributed by atoms with Gasteiger partial charge in [-0.3, -0.25) is 0 Å². The standard InChI is InChI=1S/C13H16F2O/c1-8(9-5-6-9)12(16)7-10-3-2-4-11(14)13(10)15/h2-4,8-9,12,16H,5-7H2,1H3. The highest BCUT2D eigenvalue weighted by molar-refractivity contribution is 5.19. The van der Waals surface area contributed by atoms with Crippen molar-refractivity contribution in [2.24, 2.45) is 11.8 Å². The summed E-state index contributed by atoms with van der Waals surface area (Å²) in [5.41, 5.74) is 0.264. The van der Waals surface area contributed by atoms with E-state index in [1.54, 1.807) is 0 Å². The molecule has 1 aromatic carbocycles. The lowest BCUT2D eigenvalue weighted by atomic mass is 9.93. The molecule has 1 fully saturated rings. The van der Waals surface area contributed by atoms with Gasteiger partial charge in [0.1, 0.15) is 0 Å². The van der Waals surface area contributed by atoms with E-state index in [9.17, 15) is 13.9 Å². The van der Waals surface area contributed by atoms with Crippen molar-refractivity contribution in [2.75, 3.05) is 0 Å². The fourth-order valence-corrected chi connectivity index (χ4v) is 2.05. The fraction of sp³-hybridized carbons (Fsp3) is 0.538. The van der Waals surface area contributed by atoms with Crippen LogP contribution in [0.1, 0.15) is 25.3 Å². The SMILES string of the molecule is CC(C(O)Cc1cccc(F)c1F)C1CC1. The van der Waals surface area contributed by atoms with E-state index in [4.69, 9.17) is 0 Å². The van der Waals surface area contributed by atoms with Gasteiger partial charge >= 0.3 is 0 Å². The maximum absolute atomic E-state index is 13.4. The van der Waals surface area contributed by atoms with E-state index in [0.29, 0.717) is 5.92 Å². The first-order valence-electron chi connectivity index (χ1n) is 5.70. The van der Waals surface area contributed by atoms with Crippen LogP contribution in [0.2, 0.25) is 0 Å². The minimum Gasteiger partial charge on any atom is -0.392 e. The highest BCUT2D eigenvalue weighted by Crippen LogP contribution is 2.38. The summed E-state index contributed by atoms with van der Waals surface area (Å²) in [4.78, 5) is 0. The van der Waals surface area contributed by atoms with Gasteiger partial charge in [-0.2, -0.15) is 0 Å². The number of benzene rings is 1. The van der Waals surface area contributed by atoms with Crippen molar-refractivity contribution < 1.29 is 13.9 Å². The lowest BCUT2D eigenvalue weighted by molar-refractivity contribution is 0.104. The van der Waals surface area contributed by atoms with Crippen LogP contribution in [-0.4, -0.2) is 11.2 Å². The van der Waals surface area contributed by atoms with Crippen molar-refractivity contribution in [2.45, 2.75) is 32.3 Å². The van der Waals surface area contributed by atoms with E-state index in [1.165, 1.54) is 12.1 Å². The molecule has 1 aliphatic rings. The maximum Gasteiger partial charge on any atom is 0.162 e. The zero-order chi connectivity index (χ0) is 11.7. The number of aliphatic hydroxyl groups excluding tert-OH is 1. The highest BCUT2D eigenvalue weighted by atomic mass is 19.2. The molecule has 16 heavy (non-hydrogen) atoms. The van der Waals surface area contributed by atoms with E-state index < -0.39 is 17.7 Å². The Bertz CT molecular complexity index is 374. The van der Waals surface area contributed by atoms with Gasteiger partial charge in [0.25, 0.3) is 0 Å². The summed E-state index contributed by atoms with van der Waals surface area (Å²) in [5.74, 6) is -0.942. The number of hydrogen-bond acceptors (Lipinski definition) is 1. The Kier molecular flexibility index (Phi) is 3.24. The molecule has 0 amide bonds. The van der Waals surface area contributed by atoms with E-state index in [-0.39, 0.29) is 17.9 Å². The minimum atomic E-state index is -0.844. The Labute approximate surface area is 94.1 Å². The predicted octanol–water partition coefficient (Wildman–Crippen LogP) is 2.91. The first-order chi connectivity index (χ1) is 7.59. The monoisotopic (exact) mass is 226 g/mol. The van der Waals surface area contributed by atoms with Crippen LogP contribution < -0.4 is 0 Å². The minimum absolute atomic E-state index is 0.169. The topological polar surface area (TPSA) is 20.2 Å². The van der Waals surface area contributed by atoms with Crippen molar-refractivity contribution in [3.05, 3.63) is 35.4 Å². The van der Waals surface area contributed by atoms with Crippen molar-refractivity contribution in [1.82, 2.24) is 0 Å². The first-order valence-corrected chi connectivity index (χ1v) is 5.70. The quantitative estimate of drug-likeness (QED) is 0.837. The van der Waals surface area contributed by atoms with E-state index in [1.807, 2.05) is 6.92 Å². The van der Waals surface area contributed by atoms with Crippen molar-refractivity contribution >= 4 is 0 Å². The molecule has 1 nitrogen and oxygen atoms in total. The second-order valence-electron chi connectivity index (χ2n) is 4.68. The molecule has 0 heterocycles. The molecule has 2 unspecified atom stereocenters. The zero-order valence-corrected chi connectivity index (χ0v) is 9.29. The predicted molar refractivity (Wildman–Crippen MR) is 58.0 cm³/mol. The van der Waals surface area contributed by atoms with E-state index in [2.05, 4.69) is 0 Å². The molecule has 0 spiro atoms. The van der Waals surface area contributed by atoms with Crippen molar-refractivity contribution in [1.29, 1.82) is 0 Å².